The number of carbonyl (C=O) groups is 2. The summed E-state index contributed by atoms with van der Waals surface area (Å²) in [7, 11) is 0. The first-order valence-electron chi connectivity index (χ1n) is 8.58. The molecule has 0 aliphatic heterocycles. The molecule has 1 fully saturated rings. The van der Waals surface area contributed by atoms with Crippen LogP contribution < -0.4 is 11.1 Å². The fraction of sp³-hybridized carbons (Fsp3) is 0.556. The molecule has 1 saturated carbocycles. The predicted molar refractivity (Wildman–Crippen MR) is 104 cm³/mol. The molecule has 0 bridgehead atoms. The molecule has 2 atom stereocenters. The Bertz CT molecular complexity index is 566. The maximum absolute atomic E-state index is 12.5. The zero-order chi connectivity index (χ0) is 17.5. The second kappa shape index (κ2) is 10.6. The van der Waals surface area contributed by atoms with Crippen LogP contribution in [0.3, 0.4) is 0 Å². The Morgan fingerprint density at radius 3 is 2.52 bits per heavy atom. The number of nitrogens with two attached hydrogens (primary N) is 1. The van der Waals surface area contributed by atoms with Gasteiger partial charge in [0.2, 0.25) is 11.8 Å². The zero-order valence-corrected chi connectivity index (χ0v) is 16.1. The Morgan fingerprint density at radius 2 is 1.96 bits per heavy atom. The van der Waals surface area contributed by atoms with E-state index < -0.39 is 0 Å². The number of nitrogens with one attached hydrogen (secondary N) is 1. The Hall–Kier alpha value is -1.30. The summed E-state index contributed by atoms with van der Waals surface area (Å²) in [6.07, 6.45) is 4.34. The number of hydrogen-bond donors (Lipinski definition) is 2. The van der Waals surface area contributed by atoms with E-state index in [0.29, 0.717) is 23.7 Å². The third-order valence-electron chi connectivity index (χ3n) is 4.46. The molecule has 140 valence electrons. The van der Waals surface area contributed by atoms with E-state index in [1.165, 1.54) is 0 Å². The zero-order valence-electron chi connectivity index (χ0n) is 14.5. The third-order valence-corrected chi connectivity index (χ3v) is 4.72. The van der Waals surface area contributed by atoms with Crippen molar-refractivity contribution < 1.29 is 9.59 Å². The lowest BCUT2D eigenvalue weighted by Crippen LogP contribution is -2.40. The van der Waals surface area contributed by atoms with E-state index in [-0.39, 0.29) is 42.7 Å². The van der Waals surface area contributed by atoms with Crippen molar-refractivity contribution in [2.75, 3.05) is 18.4 Å². The first kappa shape index (κ1) is 21.7. The number of carbonyl (C=O) groups excluding carboxylic acids is 2. The summed E-state index contributed by atoms with van der Waals surface area (Å²) < 4.78 is 0. The average Bonchev–Trinajstić information content (AvgIpc) is 2.94. The minimum atomic E-state index is -0.199. The van der Waals surface area contributed by atoms with Gasteiger partial charge >= 0.3 is 0 Å². The summed E-state index contributed by atoms with van der Waals surface area (Å²) in [4.78, 5) is 26.4. The normalized spacial score (nSPS) is 19.2. The minimum absolute atomic E-state index is 0. The molecule has 0 heterocycles. The molecule has 1 aromatic carbocycles. The lowest BCUT2D eigenvalue weighted by molar-refractivity contribution is -0.135. The Balaban J connectivity index is 0.00000312. The number of anilines is 1. The van der Waals surface area contributed by atoms with Crippen LogP contribution >= 0.6 is 24.0 Å². The molecule has 1 aliphatic rings. The molecule has 0 radical (unpaired) electrons. The summed E-state index contributed by atoms with van der Waals surface area (Å²) in [6, 6.07) is 7.02. The molecule has 0 saturated heterocycles. The van der Waals surface area contributed by atoms with Crippen molar-refractivity contribution in [3.8, 4) is 0 Å². The van der Waals surface area contributed by atoms with Crippen molar-refractivity contribution >= 4 is 41.5 Å². The van der Waals surface area contributed by atoms with Crippen molar-refractivity contribution in [3.63, 3.8) is 0 Å². The molecular weight excluding hydrogens is 361 g/mol. The fourth-order valence-corrected chi connectivity index (χ4v) is 3.27. The first-order valence-corrected chi connectivity index (χ1v) is 8.96. The topological polar surface area (TPSA) is 75.4 Å². The number of benzene rings is 1. The van der Waals surface area contributed by atoms with Crippen LogP contribution in [-0.4, -0.2) is 35.8 Å². The number of halogens is 2. The lowest BCUT2D eigenvalue weighted by Gasteiger charge is -2.24. The van der Waals surface area contributed by atoms with Gasteiger partial charge < -0.3 is 16.0 Å². The van der Waals surface area contributed by atoms with Crippen LogP contribution in [0.2, 0.25) is 5.02 Å². The van der Waals surface area contributed by atoms with E-state index in [9.17, 15) is 9.59 Å². The summed E-state index contributed by atoms with van der Waals surface area (Å²) in [5, 5.41) is 3.41. The van der Waals surface area contributed by atoms with E-state index >= 15 is 0 Å². The van der Waals surface area contributed by atoms with E-state index in [1.54, 1.807) is 29.2 Å². The second-order valence-electron chi connectivity index (χ2n) is 6.43. The third kappa shape index (κ3) is 6.84. The maximum atomic E-state index is 12.5. The lowest BCUT2D eigenvalue weighted by atomic mass is 9.99. The molecule has 1 aromatic rings. The summed E-state index contributed by atoms with van der Waals surface area (Å²) in [5.74, 6) is 0.0662. The van der Waals surface area contributed by atoms with Gasteiger partial charge in [-0.3, -0.25) is 9.59 Å². The Morgan fingerprint density at radius 1 is 1.28 bits per heavy atom. The molecule has 3 N–H and O–H groups in total. The molecule has 25 heavy (non-hydrogen) atoms. The molecule has 5 nitrogen and oxygen atoms in total. The summed E-state index contributed by atoms with van der Waals surface area (Å²) in [6.45, 7) is 2.64. The minimum Gasteiger partial charge on any atom is -0.333 e. The van der Waals surface area contributed by atoms with E-state index in [0.717, 1.165) is 25.7 Å². The van der Waals surface area contributed by atoms with Crippen LogP contribution in [-0.2, 0) is 9.59 Å². The van der Waals surface area contributed by atoms with Crippen LogP contribution in [0.15, 0.2) is 24.3 Å². The van der Waals surface area contributed by atoms with E-state index in [4.69, 9.17) is 17.3 Å². The van der Waals surface area contributed by atoms with E-state index in [1.807, 2.05) is 6.92 Å². The smallest absolute Gasteiger partial charge is 0.243 e. The Labute approximate surface area is 160 Å². The van der Waals surface area contributed by atoms with Gasteiger partial charge in [-0.15, -0.1) is 12.4 Å². The van der Waals surface area contributed by atoms with Crippen molar-refractivity contribution in [1.29, 1.82) is 0 Å². The van der Waals surface area contributed by atoms with Gasteiger partial charge in [0.25, 0.3) is 0 Å². The van der Waals surface area contributed by atoms with Gasteiger partial charge in [-0.2, -0.15) is 0 Å². The standard InChI is InChI=1S/C18H26ClN3O2.ClH/c1-2-10-22(18(24)11-13-4-3-5-16(13)20)12-17(23)21-15-8-6-14(19)7-9-15;/h6-9,13,16H,2-5,10-12,20H2,1H3,(H,21,23);1H/t13-,16+;/m0./s1. The van der Waals surface area contributed by atoms with Crippen LogP contribution in [0.5, 0.6) is 0 Å². The van der Waals surface area contributed by atoms with Gasteiger partial charge in [-0.1, -0.05) is 24.9 Å². The van der Waals surface area contributed by atoms with Gasteiger partial charge in [0.05, 0.1) is 6.54 Å². The van der Waals surface area contributed by atoms with Crippen LogP contribution in [0, 0.1) is 5.92 Å². The quantitative estimate of drug-likeness (QED) is 0.751. The van der Waals surface area contributed by atoms with E-state index in [2.05, 4.69) is 5.32 Å². The molecule has 0 spiro atoms. The van der Waals surface area contributed by atoms with Crippen LogP contribution in [0.1, 0.15) is 39.0 Å². The summed E-state index contributed by atoms with van der Waals surface area (Å²) >= 11 is 5.83. The molecule has 1 aliphatic carbocycles. The van der Waals surface area contributed by atoms with Crippen molar-refractivity contribution in [1.82, 2.24) is 4.90 Å². The van der Waals surface area contributed by atoms with Crippen molar-refractivity contribution in [3.05, 3.63) is 29.3 Å². The van der Waals surface area contributed by atoms with Crippen molar-refractivity contribution in [2.24, 2.45) is 11.7 Å². The SMILES string of the molecule is CCCN(CC(=O)Nc1ccc(Cl)cc1)C(=O)C[C@@H]1CCC[C@H]1N.Cl. The summed E-state index contributed by atoms with van der Waals surface area (Å²) in [5.41, 5.74) is 6.73. The number of hydrogen-bond acceptors (Lipinski definition) is 3. The number of rotatable bonds is 7. The fourth-order valence-electron chi connectivity index (χ4n) is 3.14. The first-order chi connectivity index (χ1) is 11.5. The van der Waals surface area contributed by atoms with Gasteiger partial charge in [0, 0.05) is 29.7 Å². The molecule has 2 rings (SSSR count). The highest BCUT2D eigenvalue weighted by Crippen LogP contribution is 2.27. The van der Waals surface area contributed by atoms with Gasteiger partial charge in [0.15, 0.2) is 0 Å². The second-order valence-corrected chi connectivity index (χ2v) is 6.87. The number of nitrogens with zero attached hydrogens (tertiary/aromatic N) is 1. The monoisotopic (exact) mass is 387 g/mol. The van der Waals surface area contributed by atoms with Crippen LogP contribution in [0.4, 0.5) is 5.69 Å². The maximum Gasteiger partial charge on any atom is 0.243 e. The number of amides is 2. The molecule has 0 unspecified atom stereocenters. The van der Waals surface area contributed by atoms with Crippen LogP contribution in [0.25, 0.3) is 0 Å². The predicted octanol–water partition coefficient (Wildman–Crippen LogP) is 3.46. The highest BCUT2D eigenvalue weighted by Gasteiger charge is 2.28. The molecule has 0 aromatic heterocycles. The highest BCUT2D eigenvalue weighted by atomic mass is 35.5. The van der Waals surface area contributed by atoms with Gasteiger partial charge in [0.1, 0.15) is 0 Å². The highest BCUT2D eigenvalue weighted by molar-refractivity contribution is 6.30. The average molecular weight is 388 g/mol. The molecule has 2 amide bonds. The Kier molecular flexibility index (Phi) is 9.25. The van der Waals surface area contributed by atoms with Gasteiger partial charge in [-0.05, 0) is 49.4 Å². The molecule has 7 heteroatoms. The van der Waals surface area contributed by atoms with Crippen molar-refractivity contribution in [2.45, 2.75) is 45.1 Å². The molecular formula is C18H27Cl2N3O2. The largest absolute Gasteiger partial charge is 0.333 e. The van der Waals surface area contributed by atoms with Gasteiger partial charge in [-0.25, -0.2) is 0 Å².